The Bertz CT molecular complexity index is 1150. The number of imidazole rings is 1. The molecule has 0 fully saturated rings. The van der Waals surface area contributed by atoms with Crippen molar-refractivity contribution in [2.24, 2.45) is 0 Å². The molecular weight excluding hydrogens is 366 g/mol. The van der Waals surface area contributed by atoms with Crippen molar-refractivity contribution >= 4 is 5.82 Å². The van der Waals surface area contributed by atoms with Gasteiger partial charge in [-0.15, -0.1) is 10.2 Å². The highest BCUT2D eigenvalue weighted by atomic mass is 15.4. The molecule has 4 aromatic rings. The van der Waals surface area contributed by atoms with Crippen molar-refractivity contribution in [1.29, 1.82) is 0 Å². The van der Waals surface area contributed by atoms with Crippen LogP contribution in [0.1, 0.15) is 39.1 Å². The number of pyridine rings is 1. The van der Waals surface area contributed by atoms with Crippen LogP contribution in [-0.4, -0.2) is 45.3 Å². The molecule has 5 rings (SSSR count). The third kappa shape index (κ3) is 2.69. The predicted octanol–water partition coefficient (Wildman–Crippen LogP) is 2.98. The minimum absolute atomic E-state index is 0.107. The molecule has 0 spiro atoms. The molecule has 9 nitrogen and oxygen atoms in total. The number of hydrogen-bond donors (Lipinski definition) is 0. The van der Waals surface area contributed by atoms with Gasteiger partial charge in [0.15, 0.2) is 11.6 Å². The first-order valence-electron chi connectivity index (χ1n) is 9.68. The SMILES string of the molecule is CCC1c2nncn2-c2cnc(-n3ccnc3-c3ccncc3)nc2N1C(C)C. The second kappa shape index (κ2) is 6.77. The van der Waals surface area contributed by atoms with E-state index in [9.17, 15) is 0 Å². The van der Waals surface area contributed by atoms with E-state index >= 15 is 0 Å². The van der Waals surface area contributed by atoms with E-state index in [1.54, 1.807) is 24.9 Å². The molecular formula is C20H21N9. The maximum Gasteiger partial charge on any atom is 0.237 e. The number of anilines is 1. The summed E-state index contributed by atoms with van der Waals surface area (Å²) in [4.78, 5) is 20.5. The molecule has 1 aliphatic heterocycles. The van der Waals surface area contributed by atoms with Gasteiger partial charge >= 0.3 is 0 Å². The molecule has 1 unspecified atom stereocenters. The molecule has 0 amide bonds. The van der Waals surface area contributed by atoms with Gasteiger partial charge in [-0.1, -0.05) is 6.92 Å². The average molecular weight is 387 g/mol. The van der Waals surface area contributed by atoms with E-state index in [0.29, 0.717) is 5.95 Å². The largest absolute Gasteiger partial charge is 0.342 e. The Balaban J connectivity index is 1.68. The highest BCUT2D eigenvalue weighted by molar-refractivity contribution is 5.63. The van der Waals surface area contributed by atoms with Crippen LogP contribution >= 0.6 is 0 Å². The van der Waals surface area contributed by atoms with E-state index < -0.39 is 0 Å². The van der Waals surface area contributed by atoms with Crippen LogP contribution in [0.25, 0.3) is 23.0 Å². The van der Waals surface area contributed by atoms with Gasteiger partial charge in [0.25, 0.3) is 0 Å². The van der Waals surface area contributed by atoms with Gasteiger partial charge in [-0.3, -0.25) is 14.1 Å². The second-order valence-corrected chi connectivity index (χ2v) is 7.22. The van der Waals surface area contributed by atoms with E-state index in [0.717, 1.165) is 35.1 Å². The molecule has 4 aromatic heterocycles. The number of nitrogens with zero attached hydrogens (tertiary/aromatic N) is 9. The molecule has 0 aromatic carbocycles. The lowest BCUT2D eigenvalue weighted by Crippen LogP contribution is -2.40. The molecule has 29 heavy (non-hydrogen) atoms. The molecule has 5 heterocycles. The van der Waals surface area contributed by atoms with E-state index in [1.165, 1.54) is 0 Å². The molecule has 1 aliphatic rings. The lowest BCUT2D eigenvalue weighted by atomic mass is 10.1. The van der Waals surface area contributed by atoms with Gasteiger partial charge in [-0.25, -0.2) is 9.97 Å². The van der Waals surface area contributed by atoms with Crippen LogP contribution in [0.4, 0.5) is 5.82 Å². The van der Waals surface area contributed by atoms with Gasteiger partial charge in [0.1, 0.15) is 17.8 Å². The number of aromatic nitrogens is 8. The van der Waals surface area contributed by atoms with Crippen LogP contribution in [-0.2, 0) is 0 Å². The van der Waals surface area contributed by atoms with Crippen LogP contribution in [0.2, 0.25) is 0 Å². The van der Waals surface area contributed by atoms with Crippen molar-refractivity contribution in [3.63, 3.8) is 0 Å². The Morgan fingerprint density at radius 3 is 2.66 bits per heavy atom. The van der Waals surface area contributed by atoms with Crippen molar-refractivity contribution in [3.8, 4) is 23.0 Å². The molecule has 0 radical (unpaired) electrons. The molecule has 0 saturated heterocycles. The van der Waals surface area contributed by atoms with Gasteiger partial charge < -0.3 is 4.90 Å². The normalized spacial score (nSPS) is 15.4. The summed E-state index contributed by atoms with van der Waals surface area (Å²) in [6.45, 7) is 6.49. The minimum atomic E-state index is 0.107. The summed E-state index contributed by atoms with van der Waals surface area (Å²) in [6.07, 6.45) is 11.6. The summed E-state index contributed by atoms with van der Waals surface area (Å²) in [5.41, 5.74) is 1.84. The maximum absolute atomic E-state index is 4.97. The number of hydrogen-bond acceptors (Lipinski definition) is 7. The Morgan fingerprint density at radius 1 is 1.07 bits per heavy atom. The molecule has 0 N–H and O–H groups in total. The van der Waals surface area contributed by atoms with Crippen molar-refractivity contribution in [3.05, 3.63) is 55.3 Å². The summed E-state index contributed by atoms with van der Waals surface area (Å²) in [5.74, 6) is 3.14. The van der Waals surface area contributed by atoms with E-state index in [2.05, 4.69) is 50.8 Å². The fraction of sp³-hybridized carbons (Fsp3) is 0.300. The fourth-order valence-corrected chi connectivity index (χ4v) is 3.93. The van der Waals surface area contributed by atoms with Crippen molar-refractivity contribution in [2.75, 3.05) is 4.90 Å². The van der Waals surface area contributed by atoms with Gasteiger partial charge in [-0.2, -0.15) is 4.98 Å². The summed E-state index contributed by atoms with van der Waals surface area (Å²) in [7, 11) is 0. The van der Waals surface area contributed by atoms with Gasteiger partial charge in [0.2, 0.25) is 5.95 Å². The van der Waals surface area contributed by atoms with Crippen molar-refractivity contribution in [1.82, 2.24) is 39.3 Å². The topological polar surface area (TPSA) is 90.4 Å². The Kier molecular flexibility index (Phi) is 4.08. The first-order chi connectivity index (χ1) is 14.2. The summed E-state index contributed by atoms with van der Waals surface area (Å²) in [5, 5.41) is 8.49. The monoisotopic (exact) mass is 387 g/mol. The highest BCUT2D eigenvalue weighted by Crippen LogP contribution is 2.39. The van der Waals surface area contributed by atoms with Crippen molar-refractivity contribution < 1.29 is 0 Å². The van der Waals surface area contributed by atoms with Gasteiger partial charge in [-0.05, 0) is 32.4 Å². The standard InChI is InChI=1S/C20H21N9/c1-4-15-19-26-24-12-28(19)16-11-23-20(25-18(16)29(15)13(2)3)27-10-9-22-17(27)14-5-7-21-8-6-14/h5-13,15H,4H2,1-3H3. The Hall–Kier alpha value is -3.62. The van der Waals surface area contributed by atoms with Crippen LogP contribution in [0.15, 0.2) is 49.4 Å². The third-order valence-electron chi connectivity index (χ3n) is 5.19. The molecule has 0 bridgehead atoms. The lowest BCUT2D eigenvalue weighted by Gasteiger charge is -2.39. The zero-order valence-electron chi connectivity index (χ0n) is 16.5. The Morgan fingerprint density at radius 2 is 1.90 bits per heavy atom. The van der Waals surface area contributed by atoms with E-state index in [1.807, 2.05) is 33.7 Å². The van der Waals surface area contributed by atoms with E-state index in [-0.39, 0.29) is 12.1 Å². The quantitative estimate of drug-likeness (QED) is 0.532. The second-order valence-electron chi connectivity index (χ2n) is 7.22. The molecule has 0 saturated carbocycles. The third-order valence-corrected chi connectivity index (χ3v) is 5.19. The Labute approximate surface area is 168 Å². The molecule has 9 heteroatoms. The van der Waals surface area contributed by atoms with Gasteiger partial charge in [0.05, 0.1) is 12.2 Å². The van der Waals surface area contributed by atoms with Crippen molar-refractivity contribution in [2.45, 2.75) is 39.3 Å². The summed E-state index contributed by atoms with van der Waals surface area (Å²) >= 11 is 0. The predicted molar refractivity (Wildman–Crippen MR) is 108 cm³/mol. The summed E-state index contributed by atoms with van der Waals surface area (Å²) < 4.78 is 3.89. The van der Waals surface area contributed by atoms with Crippen LogP contribution in [0.5, 0.6) is 0 Å². The number of rotatable bonds is 4. The maximum atomic E-state index is 4.97. The van der Waals surface area contributed by atoms with Crippen LogP contribution in [0.3, 0.4) is 0 Å². The first-order valence-corrected chi connectivity index (χ1v) is 9.68. The average Bonchev–Trinajstić information content (AvgIpc) is 3.42. The highest BCUT2D eigenvalue weighted by Gasteiger charge is 2.35. The molecule has 1 atom stereocenters. The smallest absolute Gasteiger partial charge is 0.237 e. The summed E-state index contributed by atoms with van der Waals surface area (Å²) in [6, 6.07) is 4.20. The fourth-order valence-electron chi connectivity index (χ4n) is 3.93. The van der Waals surface area contributed by atoms with Crippen LogP contribution < -0.4 is 4.90 Å². The zero-order valence-corrected chi connectivity index (χ0v) is 16.5. The number of fused-ring (bicyclic) bond motifs is 3. The zero-order chi connectivity index (χ0) is 20.0. The first kappa shape index (κ1) is 17.5. The van der Waals surface area contributed by atoms with Crippen LogP contribution in [0, 0.1) is 0 Å². The van der Waals surface area contributed by atoms with Gasteiger partial charge in [0, 0.05) is 36.4 Å². The van der Waals surface area contributed by atoms with E-state index in [4.69, 9.17) is 4.98 Å². The minimum Gasteiger partial charge on any atom is -0.342 e. The lowest BCUT2D eigenvalue weighted by molar-refractivity contribution is 0.497. The molecule has 146 valence electrons. The molecule has 0 aliphatic carbocycles.